The first-order valence-electron chi connectivity index (χ1n) is 16.6. The average Bonchev–Trinajstić information content (AvgIpc) is 3.42. The zero-order valence-electron chi connectivity index (χ0n) is 28.6. The van der Waals surface area contributed by atoms with Crippen LogP contribution in [0.3, 0.4) is 0 Å². The zero-order valence-corrected chi connectivity index (χ0v) is 28.6. The van der Waals surface area contributed by atoms with E-state index in [1.807, 2.05) is 79.7 Å². The van der Waals surface area contributed by atoms with Crippen LogP contribution in [0.4, 0.5) is 5.69 Å². The SMILES string of the molecule is CNC12CN3C(C)CC(OC(=O)C(C(C)C)N(C)C)CC3CC1(O)C(C)(C)C1(C2)C(=O)Nc2c(C(=O)C3OC3(C)C)cccc21. The molecule has 0 aromatic heterocycles. The van der Waals surface area contributed by atoms with Crippen molar-refractivity contribution >= 4 is 23.3 Å². The zero-order chi connectivity index (χ0) is 33.1. The number of piperidine rings is 2. The Morgan fingerprint density at radius 3 is 2.42 bits per heavy atom. The summed E-state index contributed by atoms with van der Waals surface area (Å²) in [5.74, 6) is -0.404. The van der Waals surface area contributed by atoms with E-state index in [1.54, 1.807) is 6.07 Å². The second kappa shape index (κ2) is 10.3. The van der Waals surface area contributed by atoms with E-state index in [0.29, 0.717) is 43.5 Å². The molecule has 0 bridgehead atoms. The van der Waals surface area contributed by atoms with Gasteiger partial charge in [-0.25, -0.2) is 0 Å². The molecule has 1 aromatic carbocycles. The van der Waals surface area contributed by atoms with Crippen LogP contribution in [0.1, 0.15) is 90.1 Å². The van der Waals surface area contributed by atoms with Gasteiger partial charge in [0.1, 0.15) is 18.2 Å². The van der Waals surface area contributed by atoms with Crippen LogP contribution in [0.2, 0.25) is 0 Å². The largest absolute Gasteiger partial charge is 0.461 e. The number of carbonyl (C=O) groups is 3. The summed E-state index contributed by atoms with van der Waals surface area (Å²) in [6, 6.07) is 5.31. The molecule has 6 rings (SSSR count). The number of nitrogens with zero attached hydrogens (tertiary/aromatic N) is 2. The number of benzene rings is 1. The van der Waals surface area contributed by atoms with E-state index >= 15 is 0 Å². The molecule has 4 fully saturated rings. The van der Waals surface area contributed by atoms with Crippen LogP contribution in [0.25, 0.3) is 0 Å². The lowest BCUT2D eigenvalue weighted by Crippen LogP contribution is -2.75. The molecule has 3 N–H and O–H groups in total. The Morgan fingerprint density at radius 1 is 1.18 bits per heavy atom. The van der Waals surface area contributed by atoms with Gasteiger partial charge in [0, 0.05) is 36.0 Å². The fourth-order valence-corrected chi connectivity index (χ4v) is 9.91. The summed E-state index contributed by atoms with van der Waals surface area (Å²) in [5, 5.41) is 19.7. The van der Waals surface area contributed by atoms with E-state index in [4.69, 9.17) is 9.47 Å². The molecule has 5 aliphatic rings. The standard InChI is InChI=1S/C35H52N4O6/c1-19(2)26(38(9)10)29(41)44-22-14-20(3)39-18-33(36-8)17-34(32(6,7)35(33,43)16-21(39)15-22)24-13-11-12-23(25(24)37-30(34)42)27(40)28-31(4,5)45-28/h11-13,19-22,26,28,36,43H,14-18H2,1-10H3,(H,37,42). The third-order valence-electron chi connectivity index (χ3n) is 12.5. The highest BCUT2D eigenvalue weighted by molar-refractivity contribution is 6.15. The number of aliphatic hydroxyl groups is 1. The molecule has 1 aromatic rings. The summed E-state index contributed by atoms with van der Waals surface area (Å²) in [6.45, 7) is 14.6. The molecule has 4 heterocycles. The Bertz CT molecular complexity index is 1420. The quantitative estimate of drug-likeness (QED) is 0.239. The lowest BCUT2D eigenvalue weighted by atomic mass is 9.57. The molecule has 8 atom stereocenters. The minimum absolute atomic E-state index is 0.0320. The van der Waals surface area contributed by atoms with Crippen molar-refractivity contribution in [3.63, 3.8) is 0 Å². The van der Waals surface area contributed by atoms with Gasteiger partial charge in [-0.05, 0) is 78.7 Å². The topological polar surface area (TPSA) is 124 Å². The summed E-state index contributed by atoms with van der Waals surface area (Å²) in [7, 11) is 5.69. The highest BCUT2D eigenvalue weighted by Gasteiger charge is 2.79. The van der Waals surface area contributed by atoms with Crippen molar-refractivity contribution in [1.82, 2.24) is 15.1 Å². The van der Waals surface area contributed by atoms with Crippen molar-refractivity contribution in [2.24, 2.45) is 11.3 Å². The molecule has 1 saturated carbocycles. The van der Waals surface area contributed by atoms with Gasteiger partial charge in [-0.1, -0.05) is 39.8 Å². The van der Waals surface area contributed by atoms with Crippen molar-refractivity contribution in [1.29, 1.82) is 0 Å². The minimum atomic E-state index is -1.29. The Labute approximate surface area is 267 Å². The molecule has 3 saturated heterocycles. The number of likely N-dealkylation sites (N-methyl/N-ethyl adjacent to an activating group) is 2. The van der Waals surface area contributed by atoms with Crippen molar-refractivity contribution in [3.8, 4) is 0 Å². The molecule has 45 heavy (non-hydrogen) atoms. The maximum atomic E-state index is 14.4. The van der Waals surface area contributed by atoms with Crippen LogP contribution in [0.15, 0.2) is 18.2 Å². The molecule has 10 nitrogen and oxygen atoms in total. The van der Waals surface area contributed by atoms with Crippen molar-refractivity contribution in [2.45, 2.75) is 127 Å². The number of carbonyl (C=O) groups excluding carboxylic acids is 3. The van der Waals surface area contributed by atoms with Gasteiger partial charge in [-0.2, -0.15) is 0 Å². The molecule has 1 amide bonds. The number of ketones is 1. The van der Waals surface area contributed by atoms with E-state index in [0.717, 1.165) is 5.56 Å². The summed E-state index contributed by atoms with van der Waals surface area (Å²) < 4.78 is 11.8. The van der Waals surface area contributed by atoms with E-state index in [2.05, 4.69) is 22.5 Å². The number of nitrogens with one attached hydrogen (secondary N) is 2. The molecule has 8 unspecified atom stereocenters. The number of ether oxygens (including phenoxy) is 2. The second-order valence-electron chi connectivity index (χ2n) is 16.1. The van der Waals surface area contributed by atoms with Crippen LogP contribution in [-0.4, -0.2) is 107 Å². The first kappa shape index (κ1) is 32.6. The lowest BCUT2D eigenvalue weighted by Gasteiger charge is -2.60. The number of hydrogen-bond acceptors (Lipinski definition) is 9. The van der Waals surface area contributed by atoms with Crippen LogP contribution in [0.5, 0.6) is 0 Å². The van der Waals surface area contributed by atoms with E-state index in [1.165, 1.54) is 0 Å². The van der Waals surface area contributed by atoms with Crippen LogP contribution in [0, 0.1) is 11.3 Å². The smallest absolute Gasteiger partial charge is 0.323 e. The first-order chi connectivity index (χ1) is 20.9. The number of para-hydroxylation sites is 1. The van der Waals surface area contributed by atoms with Crippen LogP contribution >= 0.6 is 0 Å². The van der Waals surface area contributed by atoms with Gasteiger partial charge in [-0.3, -0.25) is 24.2 Å². The highest BCUT2D eigenvalue weighted by atomic mass is 16.6. The van der Waals surface area contributed by atoms with Crippen molar-refractivity contribution in [3.05, 3.63) is 29.3 Å². The fraction of sp³-hybridized carbons (Fsp3) is 0.743. The van der Waals surface area contributed by atoms with Gasteiger partial charge < -0.3 is 25.2 Å². The number of hydrogen-bond donors (Lipinski definition) is 3. The lowest BCUT2D eigenvalue weighted by molar-refractivity contribution is -0.185. The Balaban J connectivity index is 1.35. The van der Waals surface area contributed by atoms with Gasteiger partial charge >= 0.3 is 5.97 Å². The number of rotatable bonds is 7. The number of Topliss-reactive ketones (excluding diaryl/α,β-unsaturated/α-hetero) is 1. The highest BCUT2D eigenvalue weighted by Crippen LogP contribution is 2.69. The normalized spacial score (nSPS) is 38.5. The molecule has 0 radical (unpaired) electrons. The number of epoxide rings is 1. The molecule has 1 aliphatic carbocycles. The van der Waals surface area contributed by atoms with Gasteiger partial charge in [-0.15, -0.1) is 0 Å². The summed E-state index contributed by atoms with van der Waals surface area (Å²) in [4.78, 5) is 45.5. The number of fused-ring (bicyclic) bond motifs is 4. The van der Waals surface area contributed by atoms with Crippen LogP contribution in [-0.2, 0) is 24.5 Å². The Kier molecular flexibility index (Phi) is 7.46. The molecular formula is C35H52N4O6. The summed E-state index contributed by atoms with van der Waals surface area (Å²) >= 11 is 0. The van der Waals surface area contributed by atoms with Crippen molar-refractivity contribution < 1.29 is 29.0 Å². The second-order valence-corrected chi connectivity index (χ2v) is 16.1. The average molecular weight is 625 g/mol. The molecular weight excluding hydrogens is 572 g/mol. The monoisotopic (exact) mass is 624 g/mol. The summed E-state index contributed by atoms with van der Waals surface area (Å²) in [6.07, 6.45) is 1.34. The molecule has 1 spiro atoms. The van der Waals surface area contributed by atoms with Crippen molar-refractivity contribution in [2.75, 3.05) is 33.0 Å². The number of amides is 1. The minimum Gasteiger partial charge on any atom is -0.461 e. The number of esters is 1. The van der Waals surface area contributed by atoms with E-state index in [9.17, 15) is 19.5 Å². The Hall–Kier alpha value is -2.37. The van der Waals surface area contributed by atoms with E-state index < -0.39 is 33.7 Å². The van der Waals surface area contributed by atoms with Gasteiger partial charge in [0.25, 0.3) is 0 Å². The molecule has 248 valence electrons. The predicted molar refractivity (Wildman–Crippen MR) is 171 cm³/mol. The van der Waals surface area contributed by atoms with Gasteiger partial charge in [0.15, 0.2) is 5.78 Å². The number of anilines is 1. The fourth-order valence-electron chi connectivity index (χ4n) is 9.91. The Morgan fingerprint density at radius 2 is 1.84 bits per heavy atom. The maximum Gasteiger partial charge on any atom is 0.323 e. The van der Waals surface area contributed by atoms with Gasteiger partial charge in [0.2, 0.25) is 5.91 Å². The third kappa shape index (κ3) is 4.35. The molecule has 4 aliphatic heterocycles. The predicted octanol–water partition coefficient (Wildman–Crippen LogP) is 3.11. The van der Waals surface area contributed by atoms with E-state index in [-0.39, 0.29) is 47.8 Å². The maximum absolute atomic E-state index is 14.4. The van der Waals surface area contributed by atoms with Gasteiger partial charge in [0.05, 0.1) is 27.8 Å². The van der Waals surface area contributed by atoms with Crippen LogP contribution < -0.4 is 10.6 Å². The summed E-state index contributed by atoms with van der Waals surface area (Å²) in [5.41, 5.74) is -2.83. The third-order valence-corrected chi connectivity index (χ3v) is 12.5. The first-order valence-corrected chi connectivity index (χ1v) is 16.6. The molecule has 10 heteroatoms.